The zero-order valence-electron chi connectivity index (χ0n) is 13.6. The van der Waals surface area contributed by atoms with Gasteiger partial charge in [-0.3, -0.25) is 9.59 Å². The highest BCUT2D eigenvalue weighted by molar-refractivity contribution is 5.82. The first-order chi connectivity index (χ1) is 11.6. The lowest BCUT2D eigenvalue weighted by Crippen LogP contribution is -2.42. The Labute approximate surface area is 141 Å². The second kappa shape index (κ2) is 7.64. The molecular weight excluding hydrogens is 311 g/mol. The fourth-order valence-electron chi connectivity index (χ4n) is 3.36. The van der Waals surface area contributed by atoms with Crippen molar-refractivity contribution >= 4 is 11.8 Å². The molecule has 1 fully saturated rings. The van der Waals surface area contributed by atoms with E-state index in [-0.39, 0.29) is 23.5 Å². The maximum Gasteiger partial charge on any atom is 0.261 e. The van der Waals surface area contributed by atoms with E-state index in [1.807, 2.05) is 0 Å². The molecule has 2 amide bonds. The van der Waals surface area contributed by atoms with Gasteiger partial charge in [-0.1, -0.05) is 19.3 Å². The summed E-state index contributed by atoms with van der Waals surface area (Å²) in [4.78, 5) is 24.1. The van der Waals surface area contributed by atoms with Crippen molar-refractivity contribution in [1.29, 1.82) is 0 Å². The highest BCUT2D eigenvalue weighted by Gasteiger charge is 2.29. The van der Waals surface area contributed by atoms with Crippen LogP contribution in [0.25, 0.3) is 0 Å². The number of benzene rings is 1. The van der Waals surface area contributed by atoms with Crippen LogP contribution in [0.1, 0.15) is 37.7 Å². The standard InChI is InChI=1S/C18H23FN2O3/c19-14-6-7-15-13(10-14)11-16(24-15)18(23)21-9-8-20-17(22)12-4-2-1-3-5-12/h6-7,10,12,16H,1-5,8-9,11H2,(H,20,22)(H,21,23)/t16-/m0/s1. The van der Waals surface area contributed by atoms with E-state index >= 15 is 0 Å². The number of carbonyl (C=O) groups is 2. The van der Waals surface area contributed by atoms with E-state index in [4.69, 9.17) is 4.74 Å². The highest BCUT2D eigenvalue weighted by Crippen LogP contribution is 2.29. The molecule has 2 N–H and O–H groups in total. The molecule has 1 aliphatic heterocycles. The van der Waals surface area contributed by atoms with Gasteiger partial charge in [-0.25, -0.2) is 4.39 Å². The maximum atomic E-state index is 13.2. The number of halogens is 1. The fraction of sp³-hybridized carbons (Fsp3) is 0.556. The number of fused-ring (bicyclic) bond motifs is 1. The quantitative estimate of drug-likeness (QED) is 0.809. The molecule has 0 unspecified atom stereocenters. The summed E-state index contributed by atoms with van der Waals surface area (Å²) in [5.74, 6) is 0.200. The van der Waals surface area contributed by atoms with Crippen LogP contribution in [-0.4, -0.2) is 31.0 Å². The van der Waals surface area contributed by atoms with Gasteiger partial charge in [0, 0.05) is 31.0 Å². The Kier molecular flexibility index (Phi) is 5.33. The zero-order chi connectivity index (χ0) is 16.9. The third-order valence-electron chi connectivity index (χ3n) is 4.69. The van der Waals surface area contributed by atoms with Gasteiger partial charge >= 0.3 is 0 Å². The van der Waals surface area contributed by atoms with Crippen LogP contribution in [-0.2, 0) is 16.0 Å². The third-order valence-corrected chi connectivity index (χ3v) is 4.69. The van der Waals surface area contributed by atoms with Crippen LogP contribution in [0.3, 0.4) is 0 Å². The van der Waals surface area contributed by atoms with E-state index in [9.17, 15) is 14.0 Å². The molecule has 0 saturated heterocycles. The Balaban J connectivity index is 1.37. The Morgan fingerprint density at radius 1 is 1.08 bits per heavy atom. The SMILES string of the molecule is O=C(NCCNC(=O)[C@@H]1Cc2cc(F)ccc2O1)C1CCCCC1. The van der Waals surface area contributed by atoms with Gasteiger partial charge in [-0.15, -0.1) is 0 Å². The summed E-state index contributed by atoms with van der Waals surface area (Å²) < 4.78 is 18.7. The monoisotopic (exact) mass is 334 g/mol. The van der Waals surface area contributed by atoms with Crippen molar-refractivity contribution in [2.24, 2.45) is 5.92 Å². The molecule has 5 nitrogen and oxygen atoms in total. The molecule has 1 saturated carbocycles. The molecule has 1 aromatic rings. The smallest absolute Gasteiger partial charge is 0.261 e. The van der Waals surface area contributed by atoms with Crippen molar-refractivity contribution in [3.8, 4) is 5.75 Å². The van der Waals surface area contributed by atoms with Crippen LogP contribution >= 0.6 is 0 Å². The number of nitrogens with one attached hydrogen (secondary N) is 2. The lowest BCUT2D eigenvalue weighted by Gasteiger charge is -2.20. The first-order valence-electron chi connectivity index (χ1n) is 8.64. The summed E-state index contributed by atoms with van der Waals surface area (Å²) in [5.41, 5.74) is 0.709. The first kappa shape index (κ1) is 16.7. The number of amides is 2. The average molecular weight is 334 g/mol. The van der Waals surface area contributed by atoms with Crippen molar-refractivity contribution in [3.63, 3.8) is 0 Å². The molecule has 1 atom stereocenters. The molecule has 0 radical (unpaired) electrons. The Morgan fingerprint density at radius 3 is 2.54 bits per heavy atom. The number of carbonyl (C=O) groups excluding carboxylic acids is 2. The lowest BCUT2D eigenvalue weighted by atomic mass is 9.89. The van der Waals surface area contributed by atoms with Crippen molar-refractivity contribution in [2.75, 3.05) is 13.1 Å². The summed E-state index contributed by atoms with van der Waals surface area (Å²) in [5, 5.41) is 5.64. The van der Waals surface area contributed by atoms with Crippen molar-refractivity contribution in [3.05, 3.63) is 29.6 Å². The maximum absolute atomic E-state index is 13.2. The van der Waals surface area contributed by atoms with Gasteiger partial charge in [-0.2, -0.15) is 0 Å². The van der Waals surface area contributed by atoms with E-state index in [2.05, 4.69) is 10.6 Å². The average Bonchev–Trinajstić information content (AvgIpc) is 3.02. The molecule has 3 rings (SSSR count). The molecule has 0 aromatic heterocycles. The number of hydrogen-bond donors (Lipinski definition) is 2. The van der Waals surface area contributed by atoms with Crippen LogP contribution in [0.4, 0.5) is 4.39 Å². The van der Waals surface area contributed by atoms with Crippen molar-refractivity contribution in [2.45, 2.75) is 44.6 Å². The summed E-state index contributed by atoms with van der Waals surface area (Å²) in [6.45, 7) is 0.775. The van der Waals surface area contributed by atoms with Gasteiger partial charge in [0.25, 0.3) is 5.91 Å². The van der Waals surface area contributed by atoms with E-state index in [1.54, 1.807) is 6.07 Å². The predicted molar refractivity (Wildman–Crippen MR) is 87.1 cm³/mol. The first-order valence-corrected chi connectivity index (χ1v) is 8.64. The minimum Gasteiger partial charge on any atom is -0.480 e. The van der Waals surface area contributed by atoms with Crippen molar-refractivity contribution < 1.29 is 18.7 Å². The molecular formula is C18H23FN2O3. The summed E-state index contributed by atoms with van der Waals surface area (Å²) in [6.07, 6.45) is 5.12. The van der Waals surface area contributed by atoms with Gasteiger partial charge in [0.1, 0.15) is 11.6 Å². The van der Waals surface area contributed by atoms with Crippen LogP contribution in [0.5, 0.6) is 5.75 Å². The van der Waals surface area contributed by atoms with E-state index < -0.39 is 6.10 Å². The fourth-order valence-corrected chi connectivity index (χ4v) is 3.36. The molecule has 1 aromatic carbocycles. The van der Waals surface area contributed by atoms with Crippen LogP contribution < -0.4 is 15.4 Å². The minimum atomic E-state index is -0.629. The van der Waals surface area contributed by atoms with E-state index in [1.165, 1.54) is 18.6 Å². The van der Waals surface area contributed by atoms with Gasteiger partial charge in [-0.05, 0) is 31.0 Å². The van der Waals surface area contributed by atoms with Crippen LogP contribution in [0, 0.1) is 11.7 Å². The van der Waals surface area contributed by atoms with Gasteiger partial charge in [0.2, 0.25) is 5.91 Å². The van der Waals surface area contributed by atoms with Crippen molar-refractivity contribution in [1.82, 2.24) is 10.6 Å². The van der Waals surface area contributed by atoms with Gasteiger partial charge < -0.3 is 15.4 Å². The van der Waals surface area contributed by atoms with Crippen LogP contribution in [0.2, 0.25) is 0 Å². The van der Waals surface area contributed by atoms with Gasteiger partial charge in [0.15, 0.2) is 6.10 Å². The lowest BCUT2D eigenvalue weighted by molar-refractivity contribution is -0.128. The molecule has 0 spiro atoms. The molecule has 1 aliphatic carbocycles. The number of hydrogen-bond acceptors (Lipinski definition) is 3. The van der Waals surface area contributed by atoms with Gasteiger partial charge in [0.05, 0.1) is 0 Å². The Morgan fingerprint density at radius 2 is 1.79 bits per heavy atom. The largest absolute Gasteiger partial charge is 0.480 e. The minimum absolute atomic E-state index is 0.0870. The second-order valence-corrected chi connectivity index (χ2v) is 6.48. The Bertz CT molecular complexity index is 614. The highest BCUT2D eigenvalue weighted by atomic mass is 19.1. The second-order valence-electron chi connectivity index (χ2n) is 6.48. The zero-order valence-corrected chi connectivity index (χ0v) is 13.6. The van der Waals surface area contributed by atoms with E-state index in [0.717, 1.165) is 25.7 Å². The molecule has 1 heterocycles. The molecule has 24 heavy (non-hydrogen) atoms. The summed E-state index contributed by atoms with van der Waals surface area (Å²) in [7, 11) is 0. The molecule has 6 heteroatoms. The summed E-state index contributed by atoms with van der Waals surface area (Å²) >= 11 is 0. The topological polar surface area (TPSA) is 67.4 Å². The predicted octanol–water partition coefficient (Wildman–Crippen LogP) is 1.94. The Hall–Kier alpha value is -2.11. The molecule has 2 aliphatic rings. The molecule has 130 valence electrons. The number of rotatable bonds is 5. The van der Waals surface area contributed by atoms with E-state index in [0.29, 0.717) is 30.8 Å². The third kappa shape index (κ3) is 4.04. The number of ether oxygens (including phenoxy) is 1. The summed E-state index contributed by atoms with van der Waals surface area (Å²) in [6, 6.07) is 4.26. The van der Waals surface area contributed by atoms with Crippen LogP contribution in [0.15, 0.2) is 18.2 Å². The normalized spacial score (nSPS) is 20.1. The molecule has 0 bridgehead atoms.